The van der Waals surface area contributed by atoms with E-state index in [-0.39, 0.29) is 5.91 Å². The third kappa shape index (κ3) is 2.84. The summed E-state index contributed by atoms with van der Waals surface area (Å²) in [6.45, 7) is 3.71. The van der Waals surface area contributed by atoms with Gasteiger partial charge in [0, 0.05) is 32.0 Å². The predicted molar refractivity (Wildman–Crippen MR) is 78.9 cm³/mol. The zero-order chi connectivity index (χ0) is 14.8. The molecule has 3 heterocycles. The van der Waals surface area contributed by atoms with Crippen LogP contribution < -0.4 is 0 Å². The highest BCUT2D eigenvalue weighted by molar-refractivity contribution is 5.92. The van der Waals surface area contributed by atoms with Crippen LogP contribution in [0.3, 0.4) is 0 Å². The van der Waals surface area contributed by atoms with Crippen LogP contribution in [0, 0.1) is 12.8 Å². The molecule has 0 aromatic carbocycles. The number of carbonyl (C=O) groups excluding carboxylic acids is 1. The molecule has 6 heteroatoms. The van der Waals surface area contributed by atoms with Gasteiger partial charge in [-0.05, 0) is 43.7 Å². The van der Waals surface area contributed by atoms with Crippen LogP contribution in [0.15, 0.2) is 18.5 Å². The van der Waals surface area contributed by atoms with Crippen molar-refractivity contribution in [1.29, 1.82) is 0 Å². The molecule has 2 aromatic heterocycles. The van der Waals surface area contributed by atoms with E-state index in [1.807, 2.05) is 18.1 Å². The number of aromatic amines is 1. The van der Waals surface area contributed by atoms with Gasteiger partial charge >= 0.3 is 0 Å². The topological polar surface area (TPSA) is 66.8 Å². The first-order valence-corrected chi connectivity index (χ1v) is 7.41. The van der Waals surface area contributed by atoms with Crippen molar-refractivity contribution in [2.45, 2.75) is 26.2 Å². The van der Waals surface area contributed by atoms with Crippen LogP contribution in [0.5, 0.6) is 0 Å². The van der Waals surface area contributed by atoms with Gasteiger partial charge in [-0.2, -0.15) is 10.2 Å². The summed E-state index contributed by atoms with van der Waals surface area (Å²) in [4.78, 5) is 14.5. The number of nitrogens with one attached hydrogen (secondary N) is 1. The van der Waals surface area contributed by atoms with Gasteiger partial charge in [-0.3, -0.25) is 14.6 Å². The average molecular weight is 287 g/mol. The molecule has 1 unspecified atom stereocenters. The lowest BCUT2D eigenvalue weighted by Gasteiger charge is -2.32. The lowest BCUT2D eigenvalue weighted by atomic mass is 9.92. The molecule has 1 N–H and O–H groups in total. The number of aromatic nitrogens is 4. The third-order valence-corrected chi connectivity index (χ3v) is 4.27. The minimum atomic E-state index is 0.0843. The van der Waals surface area contributed by atoms with E-state index in [2.05, 4.69) is 22.2 Å². The maximum Gasteiger partial charge on any atom is 0.272 e. The van der Waals surface area contributed by atoms with Crippen LogP contribution >= 0.6 is 0 Å². The van der Waals surface area contributed by atoms with Crippen molar-refractivity contribution in [3.8, 4) is 0 Å². The van der Waals surface area contributed by atoms with E-state index in [9.17, 15) is 4.79 Å². The monoisotopic (exact) mass is 287 g/mol. The smallest absolute Gasteiger partial charge is 0.272 e. The summed E-state index contributed by atoms with van der Waals surface area (Å²) in [5.74, 6) is 0.580. The Kier molecular flexibility index (Phi) is 3.77. The summed E-state index contributed by atoms with van der Waals surface area (Å²) in [5.41, 5.74) is 3.05. The molecule has 0 saturated carbocycles. The van der Waals surface area contributed by atoms with Crippen molar-refractivity contribution in [3.05, 3.63) is 35.4 Å². The van der Waals surface area contributed by atoms with Gasteiger partial charge in [-0.15, -0.1) is 0 Å². The van der Waals surface area contributed by atoms with Gasteiger partial charge in [0.05, 0.1) is 6.20 Å². The number of carbonyl (C=O) groups is 1. The van der Waals surface area contributed by atoms with E-state index >= 15 is 0 Å². The predicted octanol–water partition coefficient (Wildman–Crippen LogP) is 1.55. The minimum Gasteiger partial charge on any atom is -0.337 e. The SMILES string of the molecule is Cc1cn[nH]c1CC1CCCN(C(=O)c2ccnn2C)C1. The molecule has 1 amide bonds. The number of H-pyrrole nitrogens is 1. The number of hydrogen-bond acceptors (Lipinski definition) is 3. The number of nitrogens with zero attached hydrogens (tertiary/aromatic N) is 4. The number of hydrogen-bond donors (Lipinski definition) is 1. The largest absolute Gasteiger partial charge is 0.337 e. The maximum absolute atomic E-state index is 12.5. The van der Waals surface area contributed by atoms with Gasteiger partial charge in [-0.25, -0.2) is 0 Å². The van der Waals surface area contributed by atoms with Crippen LogP contribution in [0.2, 0.25) is 0 Å². The molecule has 1 aliphatic rings. The molecular formula is C15H21N5O. The van der Waals surface area contributed by atoms with E-state index in [1.54, 1.807) is 16.9 Å². The van der Waals surface area contributed by atoms with Gasteiger partial charge in [0.25, 0.3) is 5.91 Å². The molecule has 6 nitrogen and oxygen atoms in total. The summed E-state index contributed by atoms with van der Waals surface area (Å²) in [6.07, 6.45) is 6.70. The molecule has 0 bridgehead atoms. The van der Waals surface area contributed by atoms with Crippen molar-refractivity contribution >= 4 is 5.91 Å². The van der Waals surface area contributed by atoms with Crippen molar-refractivity contribution in [1.82, 2.24) is 24.9 Å². The van der Waals surface area contributed by atoms with E-state index in [4.69, 9.17) is 0 Å². The number of likely N-dealkylation sites (tertiary alicyclic amines) is 1. The lowest BCUT2D eigenvalue weighted by molar-refractivity contribution is 0.0661. The van der Waals surface area contributed by atoms with Crippen molar-refractivity contribution < 1.29 is 4.79 Å². The molecule has 1 atom stereocenters. The minimum absolute atomic E-state index is 0.0843. The quantitative estimate of drug-likeness (QED) is 0.931. The van der Waals surface area contributed by atoms with E-state index in [1.165, 1.54) is 11.3 Å². The summed E-state index contributed by atoms with van der Waals surface area (Å²) < 4.78 is 1.64. The van der Waals surface area contributed by atoms with Gasteiger partial charge in [-0.1, -0.05) is 0 Å². The standard InChI is InChI=1S/C15H21N5O/c1-11-9-16-18-13(11)8-12-4-3-7-20(10-12)15(21)14-5-6-17-19(14)2/h5-6,9,12H,3-4,7-8,10H2,1-2H3,(H,16,18). The molecule has 0 radical (unpaired) electrons. The summed E-state index contributed by atoms with van der Waals surface area (Å²) in [7, 11) is 1.81. The van der Waals surface area contributed by atoms with E-state index in [0.717, 1.165) is 32.4 Å². The molecule has 0 spiro atoms. The lowest BCUT2D eigenvalue weighted by Crippen LogP contribution is -2.41. The molecule has 1 aliphatic heterocycles. The number of amides is 1. The molecule has 0 aliphatic carbocycles. The highest BCUT2D eigenvalue weighted by atomic mass is 16.2. The third-order valence-electron chi connectivity index (χ3n) is 4.27. The van der Waals surface area contributed by atoms with Gasteiger partial charge in [0.2, 0.25) is 0 Å². The molecule has 112 valence electrons. The summed E-state index contributed by atoms with van der Waals surface area (Å²) in [6, 6.07) is 1.78. The Morgan fingerprint density at radius 3 is 3.05 bits per heavy atom. The zero-order valence-corrected chi connectivity index (χ0v) is 12.5. The fourth-order valence-corrected chi connectivity index (χ4v) is 3.03. The molecule has 21 heavy (non-hydrogen) atoms. The van der Waals surface area contributed by atoms with Gasteiger partial charge < -0.3 is 4.90 Å². The normalized spacial score (nSPS) is 19.0. The Balaban J connectivity index is 1.67. The fourth-order valence-electron chi connectivity index (χ4n) is 3.03. The molecular weight excluding hydrogens is 266 g/mol. The van der Waals surface area contributed by atoms with Crippen LogP contribution in [0.25, 0.3) is 0 Å². The Morgan fingerprint density at radius 2 is 2.38 bits per heavy atom. The first-order chi connectivity index (χ1) is 10.1. The van der Waals surface area contributed by atoms with Crippen molar-refractivity contribution in [2.24, 2.45) is 13.0 Å². The second-order valence-corrected chi connectivity index (χ2v) is 5.84. The van der Waals surface area contributed by atoms with E-state index < -0.39 is 0 Å². The first kappa shape index (κ1) is 13.9. The van der Waals surface area contributed by atoms with Gasteiger partial charge in [0.1, 0.15) is 5.69 Å². The Labute approximate surface area is 124 Å². The van der Waals surface area contributed by atoms with Crippen LogP contribution in [0.4, 0.5) is 0 Å². The Hall–Kier alpha value is -2.11. The summed E-state index contributed by atoms with van der Waals surface area (Å²) in [5, 5.41) is 11.2. The van der Waals surface area contributed by atoms with Crippen LogP contribution in [0.1, 0.15) is 34.6 Å². The molecule has 1 fully saturated rings. The fraction of sp³-hybridized carbons (Fsp3) is 0.533. The molecule has 3 rings (SSSR count). The second-order valence-electron chi connectivity index (χ2n) is 5.84. The van der Waals surface area contributed by atoms with Crippen LogP contribution in [-0.2, 0) is 13.5 Å². The zero-order valence-electron chi connectivity index (χ0n) is 12.5. The summed E-state index contributed by atoms with van der Waals surface area (Å²) >= 11 is 0. The number of aryl methyl sites for hydroxylation is 2. The molecule has 2 aromatic rings. The van der Waals surface area contributed by atoms with Crippen LogP contribution in [-0.4, -0.2) is 43.9 Å². The Bertz CT molecular complexity index is 630. The second kappa shape index (κ2) is 5.71. The Morgan fingerprint density at radius 1 is 1.52 bits per heavy atom. The average Bonchev–Trinajstić information content (AvgIpc) is 3.08. The van der Waals surface area contributed by atoms with Crippen molar-refractivity contribution in [2.75, 3.05) is 13.1 Å². The maximum atomic E-state index is 12.5. The van der Waals surface area contributed by atoms with Gasteiger partial charge in [0.15, 0.2) is 0 Å². The number of rotatable bonds is 3. The van der Waals surface area contributed by atoms with E-state index in [0.29, 0.717) is 11.6 Å². The van der Waals surface area contributed by atoms with Crippen molar-refractivity contribution in [3.63, 3.8) is 0 Å². The number of piperidine rings is 1. The molecule has 1 saturated heterocycles. The highest BCUT2D eigenvalue weighted by Gasteiger charge is 2.26. The highest BCUT2D eigenvalue weighted by Crippen LogP contribution is 2.22. The first-order valence-electron chi connectivity index (χ1n) is 7.41.